The number of hydrogen-bond acceptors (Lipinski definition) is 3. The first-order chi connectivity index (χ1) is 12.4. The molecule has 26 heavy (non-hydrogen) atoms. The fourth-order valence-corrected chi connectivity index (χ4v) is 3.23. The van der Waals surface area contributed by atoms with Gasteiger partial charge < -0.3 is 10.3 Å². The molecule has 0 fully saturated rings. The topological polar surface area (TPSA) is 65.0 Å². The molecule has 6 heteroatoms. The summed E-state index contributed by atoms with van der Waals surface area (Å²) in [5, 5.41) is 28.5. The van der Waals surface area contributed by atoms with E-state index in [-0.39, 0.29) is 11.7 Å². The number of aromatic hydroxyl groups is 1. The van der Waals surface area contributed by atoms with E-state index >= 15 is 0 Å². The SMILES string of the molecule is CCC(C)c1cc(C(C)CC)c(O)c(-n2nc3ccc(Cl)cc3[n+]2[O-])c1. The van der Waals surface area contributed by atoms with E-state index in [1.54, 1.807) is 18.2 Å². The van der Waals surface area contributed by atoms with Crippen LogP contribution in [0, 0.1) is 5.21 Å². The zero-order valence-corrected chi connectivity index (χ0v) is 16.3. The molecule has 0 radical (unpaired) electrons. The van der Waals surface area contributed by atoms with Crippen molar-refractivity contribution in [3.63, 3.8) is 0 Å². The van der Waals surface area contributed by atoms with Crippen LogP contribution in [0.2, 0.25) is 5.02 Å². The minimum Gasteiger partial charge on any atom is -0.692 e. The van der Waals surface area contributed by atoms with Gasteiger partial charge in [0.15, 0.2) is 11.4 Å². The third-order valence-corrected chi connectivity index (χ3v) is 5.43. The van der Waals surface area contributed by atoms with E-state index in [9.17, 15) is 10.3 Å². The molecule has 0 saturated carbocycles. The van der Waals surface area contributed by atoms with Gasteiger partial charge in [0.05, 0.1) is 5.10 Å². The Balaban J connectivity index is 2.28. The van der Waals surface area contributed by atoms with Crippen LogP contribution in [0.1, 0.15) is 63.5 Å². The number of benzene rings is 2. The highest BCUT2D eigenvalue weighted by Crippen LogP contribution is 2.36. The minimum absolute atomic E-state index is 0.106. The van der Waals surface area contributed by atoms with Gasteiger partial charge in [-0.05, 0) is 58.8 Å². The largest absolute Gasteiger partial charge is 0.692 e. The van der Waals surface area contributed by atoms with Crippen molar-refractivity contribution in [2.45, 2.75) is 52.4 Å². The van der Waals surface area contributed by atoms with Crippen molar-refractivity contribution in [3.8, 4) is 11.4 Å². The molecule has 1 aromatic heterocycles. The maximum absolute atomic E-state index is 12.8. The molecular weight excluding hydrogens is 350 g/mol. The highest BCUT2D eigenvalue weighted by atomic mass is 35.5. The maximum atomic E-state index is 12.8. The van der Waals surface area contributed by atoms with Gasteiger partial charge in [-0.15, -0.1) is 4.85 Å². The Morgan fingerprint density at radius 2 is 1.85 bits per heavy atom. The molecule has 5 nitrogen and oxygen atoms in total. The quantitative estimate of drug-likeness (QED) is 0.503. The lowest BCUT2D eigenvalue weighted by Gasteiger charge is -2.18. The van der Waals surface area contributed by atoms with Gasteiger partial charge in [-0.3, -0.25) is 0 Å². The van der Waals surface area contributed by atoms with Crippen molar-refractivity contribution < 1.29 is 9.95 Å². The van der Waals surface area contributed by atoms with Crippen molar-refractivity contribution >= 4 is 22.6 Å². The van der Waals surface area contributed by atoms with Crippen LogP contribution < -0.4 is 4.85 Å². The number of fused-ring (bicyclic) bond motifs is 1. The molecule has 0 spiro atoms. The molecular formula is C20H24ClN3O2. The Kier molecular flexibility index (Phi) is 5.10. The van der Waals surface area contributed by atoms with Crippen molar-refractivity contribution in [1.82, 2.24) is 9.90 Å². The van der Waals surface area contributed by atoms with Crippen LogP contribution in [0.4, 0.5) is 0 Å². The first-order valence-corrected chi connectivity index (χ1v) is 9.40. The summed E-state index contributed by atoms with van der Waals surface area (Å²) < 4.78 is 0. The lowest BCUT2D eigenvalue weighted by Crippen LogP contribution is -2.37. The fraction of sp³-hybridized carbons (Fsp3) is 0.400. The summed E-state index contributed by atoms with van der Waals surface area (Å²) in [5.74, 6) is 0.601. The van der Waals surface area contributed by atoms with E-state index in [1.807, 2.05) is 6.07 Å². The molecule has 2 aromatic carbocycles. The number of nitrogens with zero attached hydrogens (tertiary/aromatic N) is 3. The second kappa shape index (κ2) is 7.16. The predicted molar refractivity (Wildman–Crippen MR) is 104 cm³/mol. The minimum atomic E-state index is 0.106. The second-order valence-corrected chi connectivity index (χ2v) is 7.33. The number of halogens is 1. The Labute approximate surface area is 158 Å². The molecule has 138 valence electrons. The Hall–Kier alpha value is -2.27. The summed E-state index contributed by atoms with van der Waals surface area (Å²) >= 11 is 6.01. The molecule has 0 saturated heterocycles. The molecule has 0 bridgehead atoms. The van der Waals surface area contributed by atoms with Crippen LogP contribution >= 0.6 is 11.6 Å². The number of phenols is 1. The van der Waals surface area contributed by atoms with E-state index < -0.39 is 0 Å². The van der Waals surface area contributed by atoms with Gasteiger partial charge in [0.25, 0.3) is 0 Å². The smallest absolute Gasteiger partial charge is 0.250 e. The number of hydrogen-bond donors (Lipinski definition) is 1. The molecule has 3 rings (SSSR count). The van der Waals surface area contributed by atoms with Crippen LogP contribution in [0.5, 0.6) is 5.75 Å². The van der Waals surface area contributed by atoms with E-state index in [2.05, 4.69) is 38.9 Å². The van der Waals surface area contributed by atoms with Gasteiger partial charge in [-0.25, -0.2) is 0 Å². The van der Waals surface area contributed by atoms with Crippen LogP contribution in [-0.4, -0.2) is 15.0 Å². The third kappa shape index (κ3) is 3.12. The average Bonchev–Trinajstić information content (AvgIpc) is 2.96. The van der Waals surface area contributed by atoms with Crippen molar-refractivity contribution in [1.29, 1.82) is 0 Å². The summed E-state index contributed by atoms with van der Waals surface area (Å²) in [4.78, 5) is 1.89. The fourth-order valence-electron chi connectivity index (χ4n) is 3.06. The summed E-state index contributed by atoms with van der Waals surface area (Å²) in [7, 11) is 0. The van der Waals surface area contributed by atoms with Crippen LogP contribution in [-0.2, 0) is 0 Å². The van der Waals surface area contributed by atoms with Gasteiger partial charge in [0, 0.05) is 11.1 Å². The van der Waals surface area contributed by atoms with E-state index in [1.165, 1.54) is 4.80 Å². The highest BCUT2D eigenvalue weighted by Gasteiger charge is 2.24. The molecule has 2 unspecified atom stereocenters. The molecule has 1 heterocycles. The molecule has 3 aromatic rings. The normalized spacial score (nSPS) is 13.9. The second-order valence-electron chi connectivity index (χ2n) is 6.89. The van der Waals surface area contributed by atoms with Gasteiger partial charge in [0.1, 0.15) is 0 Å². The van der Waals surface area contributed by atoms with Gasteiger partial charge in [-0.2, -0.15) is 0 Å². The van der Waals surface area contributed by atoms with Crippen molar-refractivity contribution in [3.05, 3.63) is 51.7 Å². The van der Waals surface area contributed by atoms with E-state index in [0.29, 0.717) is 32.5 Å². The first kappa shape index (κ1) is 18.5. The number of phenolic OH excluding ortho intramolecular Hbond substituents is 1. The monoisotopic (exact) mass is 373 g/mol. The van der Waals surface area contributed by atoms with Gasteiger partial charge >= 0.3 is 0 Å². The molecule has 2 atom stereocenters. The summed E-state index contributed by atoms with van der Waals surface area (Å²) in [6.07, 6.45) is 1.86. The lowest BCUT2D eigenvalue weighted by atomic mass is 9.90. The van der Waals surface area contributed by atoms with E-state index in [4.69, 9.17) is 11.6 Å². The first-order valence-electron chi connectivity index (χ1n) is 9.02. The highest BCUT2D eigenvalue weighted by molar-refractivity contribution is 6.31. The standard InChI is InChI=1S/C20H24ClN3O2/c1-5-12(3)14-9-16(13(4)6-2)20(25)19(10-14)23-22-17-8-7-15(21)11-18(17)24(23)26/h7-13,25H,5-6H2,1-4H3. The molecule has 0 aliphatic carbocycles. The van der Waals surface area contributed by atoms with Crippen LogP contribution in [0.15, 0.2) is 30.3 Å². The molecule has 0 amide bonds. The van der Waals surface area contributed by atoms with Gasteiger partial charge in [0.2, 0.25) is 11.0 Å². The molecule has 0 aliphatic heterocycles. The Bertz CT molecular complexity index is 952. The van der Waals surface area contributed by atoms with Crippen molar-refractivity contribution in [2.75, 3.05) is 0 Å². The molecule has 0 aliphatic rings. The third-order valence-electron chi connectivity index (χ3n) is 5.20. The zero-order valence-electron chi connectivity index (χ0n) is 15.5. The van der Waals surface area contributed by atoms with Crippen LogP contribution in [0.25, 0.3) is 16.7 Å². The number of rotatable bonds is 5. The van der Waals surface area contributed by atoms with Crippen LogP contribution in [0.3, 0.4) is 0 Å². The average molecular weight is 374 g/mol. The van der Waals surface area contributed by atoms with Crippen molar-refractivity contribution in [2.24, 2.45) is 0 Å². The molecule has 1 N–H and O–H groups in total. The zero-order chi connectivity index (χ0) is 19.0. The Morgan fingerprint density at radius 3 is 2.50 bits per heavy atom. The number of aromatic nitrogens is 3. The lowest BCUT2D eigenvalue weighted by molar-refractivity contribution is -0.664. The van der Waals surface area contributed by atoms with E-state index in [0.717, 1.165) is 24.0 Å². The summed E-state index contributed by atoms with van der Waals surface area (Å²) in [6, 6.07) is 8.89. The van der Waals surface area contributed by atoms with Gasteiger partial charge in [-0.1, -0.05) is 45.4 Å². The Morgan fingerprint density at radius 1 is 1.15 bits per heavy atom. The summed E-state index contributed by atoms with van der Waals surface area (Å²) in [5.41, 5.74) is 3.24. The summed E-state index contributed by atoms with van der Waals surface area (Å²) in [6.45, 7) is 8.42. The predicted octanol–water partition coefficient (Wildman–Crippen LogP) is 5.04. The maximum Gasteiger partial charge on any atom is 0.250 e.